The number of rotatable bonds is 4. The summed E-state index contributed by atoms with van der Waals surface area (Å²) in [5, 5.41) is 7.97. The van der Waals surface area contributed by atoms with Gasteiger partial charge in [-0.15, -0.1) is 0 Å². The minimum Gasteiger partial charge on any atom is -0.480 e. The van der Waals surface area contributed by atoms with Crippen LogP contribution in [0.3, 0.4) is 0 Å². The van der Waals surface area contributed by atoms with Gasteiger partial charge in [0.1, 0.15) is 6.61 Å². The number of carbonyl (C=O) groups is 1. The Labute approximate surface area is 48.3 Å². The van der Waals surface area contributed by atoms with Crippen molar-refractivity contribution in [1.29, 1.82) is 0 Å². The van der Waals surface area contributed by atoms with Crippen LogP contribution in [0.2, 0.25) is 0 Å². The molecule has 0 aliphatic heterocycles. The highest BCUT2D eigenvalue weighted by Gasteiger charge is 1.92. The molecular formula is C5H8O3. The number of aliphatic carboxylic acids is 1. The summed E-state index contributed by atoms with van der Waals surface area (Å²) in [6.45, 7) is 5.06. The molecular weight excluding hydrogens is 108 g/mol. The molecule has 1 N–H and O–H groups in total. The molecule has 0 aromatic rings. The molecule has 2 radical (unpaired) electrons. The normalized spacial score (nSPS) is 9.12. The first-order valence-electron chi connectivity index (χ1n) is 2.27. The van der Waals surface area contributed by atoms with Crippen LogP contribution in [-0.4, -0.2) is 24.3 Å². The lowest BCUT2D eigenvalue weighted by atomic mass is 10.5. The highest BCUT2D eigenvalue weighted by molar-refractivity contribution is 5.67. The van der Waals surface area contributed by atoms with E-state index in [2.05, 4.69) is 4.74 Å². The molecule has 0 amide bonds. The van der Waals surface area contributed by atoms with E-state index in [1.165, 1.54) is 0 Å². The van der Waals surface area contributed by atoms with Gasteiger partial charge in [-0.05, 0) is 13.3 Å². The van der Waals surface area contributed by atoms with Gasteiger partial charge in [-0.2, -0.15) is 0 Å². The minimum atomic E-state index is -0.960. The van der Waals surface area contributed by atoms with E-state index in [1.807, 2.05) is 0 Å². The molecule has 0 heterocycles. The third-order valence-corrected chi connectivity index (χ3v) is 0.488. The molecule has 0 rings (SSSR count). The second-order valence-electron chi connectivity index (χ2n) is 1.23. The van der Waals surface area contributed by atoms with E-state index in [9.17, 15) is 4.79 Å². The van der Waals surface area contributed by atoms with E-state index in [4.69, 9.17) is 12.0 Å². The Hall–Kier alpha value is -0.570. The van der Waals surface area contributed by atoms with Crippen molar-refractivity contribution in [3.05, 3.63) is 6.92 Å². The third-order valence-electron chi connectivity index (χ3n) is 0.488. The average Bonchev–Trinajstić information content (AvgIpc) is 1.66. The monoisotopic (exact) mass is 116 g/mol. The number of carboxylic acid groups (broad SMARTS) is 1. The van der Waals surface area contributed by atoms with Gasteiger partial charge in [0.25, 0.3) is 0 Å². The van der Waals surface area contributed by atoms with Gasteiger partial charge in [0.2, 0.25) is 0 Å². The van der Waals surface area contributed by atoms with Gasteiger partial charge in [-0.1, -0.05) is 0 Å². The van der Waals surface area contributed by atoms with Crippen molar-refractivity contribution in [2.24, 2.45) is 0 Å². The molecule has 0 aromatic heterocycles. The zero-order chi connectivity index (χ0) is 6.41. The third kappa shape index (κ3) is 5.43. The van der Waals surface area contributed by atoms with Crippen molar-refractivity contribution in [3.8, 4) is 0 Å². The summed E-state index contributed by atoms with van der Waals surface area (Å²) >= 11 is 0. The lowest BCUT2D eigenvalue weighted by Crippen LogP contribution is -2.06. The smallest absolute Gasteiger partial charge is 0.329 e. The lowest BCUT2D eigenvalue weighted by Gasteiger charge is -1.93. The minimum absolute atomic E-state index is 0.253. The zero-order valence-corrected chi connectivity index (χ0v) is 4.46. The zero-order valence-electron chi connectivity index (χ0n) is 4.46. The van der Waals surface area contributed by atoms with Crippen LogP contribution in [0.15, 0.2) is 0 Å². The van der Waals surface area contributed by atoms with Gasteiger partial charge in [-0.3, -0.25) is 0 Å². The van der Waals surface area contributed by atoms with Crippen molar-refractivity contribution in [3.63, 3.8) is 0 Å². The largest absolute Gasteiger partial charge is 0.480 e. The Morgan fingerprint density at radius 3 is 2.75 bits per heavy atom. The predicted octanol–water partition coefficient (Wildman–Crippen LogP) is 0.189. The first-order valence-corrected chi connectivity index (χ1v) is 2.27. The Balaban J connectivity index is 2.82. The summed E-state index contributed by atoms with van der Waals surface area (Å²) in [5.74, 6) is -0.960. The molecule has 0 atom stereocenters. The van der Waals surface area contributed by atoms with E-state index in [0.717, 1.165) is 0 Å². The molecule has 0 fully saturated rings. The molecule has 0 spiro atoms. The van der Waals surface area contributed by atoms with Crippen LogP contribution in [-0.2, 0) is 9.53 Å². The second-order valence-corrected chi connectivity index (χ2v) is 1.23. The van der Waals surface area contributed by atoms with Crippen molar-refractivity contribution in [2.75, 3.05) is 13.2 Å². The number of carboxylic acids is 1. The van der Waals surface area contributed by atoms with Crippen LogP contribution in [0.4, 0.5) is 0 Å². The fourth-order valence-electron chi connectivity index (χ4n) is 0.243. The van der Waals surface area contributed by atoms with E-state index in [-0.39, 0.29) is 6.61 Å². The topological polar surface area (TPSA) is 46.5 Å². The molecule has 0 saturated carbocycles. The molecule has 3 nitrogen and oxygen atoms in total. The Morgan fingerprint density at radius 2 is 2.38 bits per heavy atom. The predicted molar refractivity (Wildman–Crippen MR) is 27.4 cm³/mol. The average molecular weight is 116 g/mol. The van der Waals surface area contributed by atoms with Gasteiger partial charge in [-0.25, -0.2) is 4.79 Å². The summed E-state index contributed by atoms with van der Waals surface area (Å²) < 4.78 is 4.52. The van der Waals surface area contributed by atoms with Gasteiger partial charge in [0.15, 0.2) is 0 Å². The maximum absolute atomic E-state index is 9.71. The van der Waals surface area contributed by atoms with Crippen LogP contribution in [0.25, 0.3) is 0 Å². The van der Waals surface area contributed by atoms with E-state index < -0.39 is 5.97 Å². The number of hydrogen-bond donors (Lipinski definition) is 1. The fraction of sp³-hybridized carbons (Fsp3) is 0.600. The summed E-state index contributed by atoms with van der Waals surface area (Å²) in [6.07, 6.45) is 0.368. The summed E-state index contributed by atoms with van der Waals surface area (Å²) in [4.78, 5) is 9.71. The fourth-order valence-corrected chi connectivity index (χ4v) is 0.243. The van der Waals surface area contributed by atoms with Gasteiger partial charge >= 0.3 is 5.97 Å². The van der Waals surface area contributed by atoms with Crippen molar-refractivity contribution < 1.29 is 14.6 Å². The Kier molecular flexibility index (Phi) is 4.26. The van der Waals surface area contributed by atoms with E-state index in [1.54, 1.807) is 0 Å². The van der Waals surface area contributed by atoms with Crippen LogP contribution < -0.4 is 0 Å². The molecule has 46 valence electrons. The maximum Gasteiger partial charge on any atom is 0.329 e. The molecule has 0 aliphatic carbocycles. The number of hydrogen-bond acceptors (Lipinski definition) is 2. The summed E-state index contributed by atoms with van der Waals surface area (Å²) in [6, 6.07) is 0. The quantitative estimate of drug-likeness (QED) is 0.533. The van der Waals surface area contributed by atoms with Gasteiger partial charge < -0.3 is 9.84 Å². The summed E-state index contributed by atoms with van der Waals surface area (Å²) in [7, 11) is 0. The number of ether oxygens (including phenoxy) is 1. The highest BCUT2D eigenvalue weighted by atomic mass is 16.5. The first kappa shape index (κ1) is 7.43. The lowest BCUT2D eigenvalue weighted by molar-refractivity contribution is -0.142. The molecule has 8 heavy (non-hydrogen) atoms. The molecule has 0 unspecified atom stereocenters. The molecule has 3 heteroatoms. The standard InChI is InChI=1S/C5H8O3/c1-2-3-8-4-5(6)7/h1H,2-4H2,(H,6,7). The van der Waals surface area contributed by atoms with Crippen LogP contribution in [0, 0.1) is 6.92 Å². The van der Waals surface area contributed by atoms with Crippen LogP contribution >= 0.6 is 0 Å². The molecule has 0 aliphatic rings. The van der Waals surface area contributed by atoms with Crippen LogP contribution in [0.1, 0.15) is 6.42 Å². The van der Waals surface area contributed by atoms with E-state index >= 15 is 0 Å². The van der Waals surface area contributed by atoms with Crippen molar-refractivity contribution in [1.82, 2.24) is 0 Å². The first-order chi connectivity index (χ1) is 3.77. The van der Waals surface area contributed by atoms with Crippen molar-refractivity contribution in [2.45, 2.75) is 6.42 Å². The van der Waals surface area contributed by atoms with Crippen molar-refractivity contribution >= 4 is 5.97 Å². The second kappa shape index (κ2) is 4.59. The molecule has 0 bridgehead atoms. The van der Waals surface area contributed by atoms with Gasteiger partial charge in [0.05, 0.1) is 0 Å². The highest BCUT2D eigenvalue weighted by Crippen LogP contribution is 1.77. The molecule has 0 aromatic carbocycles. The molecule has 0 saturated heterocycles. The van der Waals surface area contributed by atoms with Gasteiger partial charge in [0, 0.05) is 6.61 Å². The summed E-state index contributed by atoms with van der Waals surface area (Å²) in [5.41, 5.74) is 0. The SMILES string of the molecule is [CH]CCOCC(=O)O. The Bertz CT molecular complexity index is 70.1. The van der Waals surface area contributed by atoms with Crippen LogP contribution in [0.5, 0.6) is 0 Å². The maximum atomic E-state index is 9.71. The Morgan fingerprint density at radius 1 is 1.75 bits per heavy atom. The van der Waals surface area contributed by atoms with E-state index in [0.29, 0.717) is 13.0 Å².